The van der Waals surface area contributed by atoms with Gasteiger partial charge in [0.25, 0.3) is 0 Å². The van der Waals surface area contributed by atoms with Crippen molar-refractivity contribution >= 4 is 11.5 Å². The van der Waals surface area contributed by atoms with Gasteiger partial charge in [-0.25, -0.2) is 0 Å². The Balaban J connectivity index is 1.84. The first-order chi connectivity index (χ1) is 11.0. The number of nitrogens with one attached hydrogen (secondary N) is 1. The molecule has 0 aliphatic rings. The van der Waals surface area contributed by atoms with Crippen molar-refractivity contribution in [1.29, 1.82) is 0 Å². The number of hydrogen-bond acceptors (Lipinski definition) is 6. The van der Waals surface area contributed by atoms with E-state index >= 15 is 0 Å². The maximum Gasteiger partial charge on any atom is 0.416 e. The van der Waals surface area contributed by atoms with Gasteiger partial charge in [-0.3, -0.25) is 0 Å². The number of hydrogen-bond donors (Lipinski definition) is 1. The predicted octanol–water partition coefficient (Wildman–Crippen LogP) is 2.16. The summed E-state index contributed by atoms with van der Waals surface area (Å²) in [6.45, 7) is -0.0561. The summed E-state index contributed by atoms with van der Waals surface area (Å²) in [5.74, 6) is 0.503. The summed E-state index contributed by atoms with van der Waals surface area (Å²) < 4.78 is 45.4. The minimum atomic E-state index is -4.47. The molecule has 0 fully saturated rings. The number of rotatable bonds is 4. The minimum absolute atomic E-state index is 0.0561. The van der Waals surface area contributed by atoms with Crippen LogP contribution in [0.15, 0.2) is 30.3 Å². The fourth-order valence-electron chi connectivity index (χ4n) is 2.03. The van der Waals surface area contributed by atoms with Crippen molar-refractivity contribution in [3.8, 4) is 5.75 Å². The molecule has 2 aromatic heterocycles. The molecule has 0 atom stereocenters. The molecule has 1 N–H and O–H groups in total. The van der Waals surface area contributed by atoms with Crippen molar-refractivity contribution in [2.45, 2.75) is 12.7 Å². The van der Waals surface area contributed by atoms with Crippen LogP contribution in [0.4, 0.5) is 19.0 Å². The Morgan fingerprint density at radius 3 is 2.78 bits per heavy atom. The van der Waals surface area contributed by atoms with Crippen LogP contribution < -0.4 is 10.1 Å². The van der Waals surface area contributed by atoms with Crippen molar-refractivity contribution in [1.82, 2.24) is 25.3 Å². The van der Waals surface area contributed by atoms with E-state index in [2.05, 4.69) is 25.9 Å². The van der Waals surface area contributed by atoms with Crippen molar-refractivity contribution < 1.29 is 17.9 Å². The Labute approximate surface area is 128 Å². The van der Waals surface area contributed by atoms with Crippen LogP contribution in [-0.4, -0.2) is 32.4 Å². The third kappa shape index (κ3) is 3.15. The molecule has 0 aliphatic heterocycles. The molecule has 0 saturated heterocycles. The van der Waals surface area contributed by atoms with E-state index in [1.807, 2.05) is 0 Å². The molecule has 3 rings (SSSR count). The lowest BCUT2D eigenvalue weighted by molar-refractivity contribution is -0.138. The van der Waals surface area contributed by atoms with E-state index < -0.39 is 11.7 Å². The summed E-state index contributed by atoms with van der Waals surface area (Å²) >= 11 is 0. The van der Waals surface area contributed by atoms with Crippen LogP contribution in [0, 0.1) is 0 Å². The normalized spacial score (nSPS) is 11.7. The average molecular weight is 324 g/mol. The number of fused-ring (bicyclic) bond motifs is 1. The summed E-state index contributed by atoms with van der Waals surface area (Å²) in [7, 11) is 1.32. The Bertz CT molecular complexity index is 832. The average Bonchev–Trinajstić information content (AvgIpc) is 2.99. The molecule has 0 bridgehead atoms. The van der Waals surface area contributed by atoms with Crippen molar-refractivity contribution in [3.63, 3.8) is 0 Å². The number of anilines is 1. The second-order valence-corrected chi connectivity index (χ2v) is 4.62. The summed E-state index contributed by atoms with van der Waals surface area (Å²) in [5, 5.41) is 17.6. The highest BCUT2D eigenvalue weighted by atomic mass is 19.4. The second kappa shape index (κ2) is 5.71. The maximum atomic E-state index is 13.1. The van der Waals surface area contributed by atoms with E-state index in [9.17, 15) is 13.2 Å². The van der Waals surface area contributed by atoms with E-state index in [4.69, 9.17) is 4.74 Å². The van der Waals surface area contributed by atoms with Gasteiger partial charge in [0.15, 0.2) is 5.65 Å². The van der Waals surface area contributed by atoms with E-state index in [0.717, 1.165) is 6.07 Å². The standard InChI is InChI=1S/C13H11F3N6O/c1-23-9-3-2-8(10(6-9)13(14,15)16)7-17-11-4-5-12-18-20-21-22(12)19-11/h2-6H,7H2,1H3,(H,17,19). The van der Waals surface area contributed by atoms with Gasteiger partial charge in [-0.2, -0.15) is 13.2 Å². The van der Waals surface area contributed by atoms with Gasteiger partial charge in [-0.1, -0.05) is 6.07 Å². The first-order valence-electron chi connectivity index (χ1n) is 6.51. The molecule has 7 nitrogen and oxygen atoms in total. The number of nitrogens with zero attached hydrogens (tertiary/aromatic N) is 5. The summed E-state index contributed by atoms with van der Waals surface area (Å²) in [5.41, 5.74) is -0.235. The minimum Gasteiger partial charge on any atom is -0.497 e. The van der Waals surface area contributed by atoms with Crippen molar-refractivity contribution in [2.24, 2.45) is 0 Å². The highest BCUT2D eigenvalue weighted by Crippen LogP contribution is 2.34. The molecule has 0 unspecified atom stereocenters. The molecule has 1 aromatic carbocycles. The lowest BCUT2D eigenvalue weighted by atomic mass is 10.1. The molecule has 3 aromatic rings. The first-order valence-corrected chi connectivity index (χ1v) is 6.51. The van der Waals surface area contributed by atoms with Crippen molar-refractivity contribution in [2.75, 3.05) is 12.4 Å². The maximum absolute atomic E-state index is 13.1. The molecule has 0 saturated carbocycles. The molecule has 0 amide bonds. The van der Waals surface area contributed by atoms with E-state index in [0.29, 0.717) is 11.5 Å². The molecule has 120 valence electrons. The predicted molar refractivity (Wildman–Crippen MR) is 73.9 cm³/mol. The van der Waals surface area contributed by atoms with Gasteiger partial charge in [0.05, 0.1) is 12.7 Å². The summed E-state index contributed by atoms with van der Waals surface area (Å²) in [6.07, 6.45) is -4.47. The molecule has 0 aliphatic carbocycles. The largest absolute Gasteiger partial charge is 0.497 e. The van der Waals surface area contributed by atoms with Crippen LogP contribution in [-0.2, 0) is 12.7 Å². The third-order valence-electron chi connectivity index (χ3n) is 3.15. The zero-order valence-electron chi connectivity index (χ0n) is 11.9. The van der Waals surface area contributed by atoms with Gasteiger partial charge in [0.1, 0.15) is 11.6 Å². The number of methoxy groups -OCH3 is 1. The number of benzene rings is 1. The van der Waals surface area contributed by atoms with Gasteiger partial charge in [0.2, 0.25) is 0 Å². The van der Waals surface area contributed by atoms with Gasteiger partial charge in [0, 0.05) is 6.54 Å². The zero-order valence-corrected chi connectivity index (χ0v) is 11.9. The van der Waals surface area contributed by atoms with Gasteiger partial charge in [-0.05, 0) is 40.3 Å². The summed E-state index contributed by atoms with van der Waals surface area (Å²) in [4.78, 5) is 0. The zero-order chi connectivity index (χ0) is 16.4. The number of ether oxygens (including phenoxy) is 1. The Kier molecular flexibility index (Phi) is 3.72. The third-order valence-corrected chi connectivity index (χ3v) is 3.15. The number of alkyl halides is 3. The van der Waals surface area contributed by atoms with Gasteiger partial charge >= 0.3 is 6.18 Å². The van der Waals surface area contributed by atoms with Crippen LogP contribution in [0.1, 0.15) is 11.1 Å². The fraction of sp³-hybridized carbons (Fsp3) is 0.231. The highest BCUT2D eigenvalue weighted by Gasteiger charge is 2.33. The molecule has 0 radical (unpaired) electrons. The molecular formula is C13H11F3N6O. The lowest BCUT2D eigenvalue weighted by Gasteiger charge is -2.15. The van der Waals surface area contributed by atoms with Crippen LogP contribution in [0.2, 0.25) is 0 Å². The molecular weight excluding hydrogens is 313 g/mol. The topological polar surface area (TPSA) is 77.2 Å². The Morgan fingerprint density at radius 1 is 1.22 bits per heavy atom. The Morgan fingerprint density at radius 2 is 2.04 bits per heavy atom. The van der Waals surface area contributed by atoms with Crippen LogP contribution in [0.5, 0.6) is 5.75 Å². The smallest absolute Gasteiger partial charge is 0.416 e. The lowest BCUT2D eigenvalue weighted by Crippen LogP contribution is -2.13. The summed E-state index contributed by atoms with van der Waals surface area (Å²) in [6, 6.07) is 7.00. The van der Waals surface area contributed by atoms with E-state index in [-0.39, 0.29) is 17.9 Å². The van der Waals surface area contributed by atoms with Crippen LogP contribution >= 0.6 is 0 Å². The molecule has 0 spiro atoms. The Hall–Kier alpha value is -2.91. The SMILES string of the molecule is COc1ccc(CNc2ccc3nnnn3n2)c(C(F)(F)F)c1. The van der Waals surface area contributed by atoms with Gasteiger partial charge in [-0.15, -0.1) is 14.8 Å². The monoisotopic (exact) mass is 324 g/mol. The first kappa shape index (κ1) is 15.0. The van der Waals surface area contributed by atoms with E-state index in [1.165, 1.54) is 23.9 Å². The molecule has 2 heterocycles. The van der Waals surface area contributed by atoms with Crippen LogP contribution in [0.25, 0.3) is 5.65 Å². The second-order valence-electron chi connectivity index (χ2n) is 4.62. The number of tetrazole rings is 1. The van der Waals surface area contributed by atoms with Crippen molar-refractivity contribution in [3.05, 3.63) is 41.5 Å². The van der Waals surface area contributed by atoms with Crippen LogP contribution in [0.3, 0.4) is 0 Å². The molecule has 23 heavy (non-hydrogen) atoms. The quantitative estimate of drug-likeness (QED) is 0.792. The van der Waals surface area contributed by atoms with Gasteiger partial charge < -0.3 is 10.1 Å². The van der Waals surface area contributed by atoms with E-state index in [1.54, 1.807) is 12.1 Å². The fourth-order valence-corrected chi connectivity index (χ4v) is 2.03. The molecule has 10 heteroatoms. The number of aromatic nitrogens is 5. The number of halogens is 3. The highest BCUT2D eigenvalue weighted by molar-refractivity contribution is 5.44.